The maximum absolute atomic E-state index is 11.0. The number of carboxylic acid groups (broad SMARTS) is 1. The molecule has 9 heteroatoms. The molecule has 0 atom stereocenters. The van der Waals surface area contributed by atoms with Crippen LogP contribution in [0.3, 0.4) is 0 Å². The summed E-state index contributed by atoms with van der Waals surface area (Å²) >= 11 is 0. The first-order chi connectivity index (χ1) is 13.7. The highest BCUT2D eigenvalue weighted by molar-refractivity contribution is 5.69. The van der Waals surface area contributed by atoms with Gasteiger partial charge >= 0.3 is 6.09 Å². The first-order valence-corrected chi connectivity index (χ1v) is 8.75. The van der Waals surface area contributed by atoms with Crippen molar-refractivity contribution in [2.45, 2.75) is 13.0 Å². The lowest BCUT2D eigenvalue weighted by atomic mass is 10.1. The summed E-state index contributed by atoms with van der Waals surface area (Å²) in [5.41, 5.74) is 3.40. The van der Waals surface area contributed by atoms with Crippen LogP contribution in [0.15, 0.2) is 55.4 Å². The number of hydrogen-bond acceptors (Lipinski definition) is 6. The van der Waals surface area contributed by atoms with Gasteiger partial charge in [0.1, 0.15) is 25.0 Å². The summed E-state index contributed by atoms with van der Waals surface area (Å²) in [7, 11) is 0. The van der Waals surface area contributed by atoms with E-state index in [0.717, 1.165) is 22.7 Å². The molecule has 1 aliphatic heterocycles. The Bertz CT molecular complexity index is 968. The smallest absolute Gasteiger partial charge is 0.407 e. The monoisotopic (exact) mass is 378 g/mol. The number of benzene rings is 1. The Balaban J connectivity index is 1.34. The zero-order chi connectivity index (χ0) is 19.3. The van der Waals surface area contributed by atoms with Gasteiger partial charge in [-0.25, -0.2) is 14.5 Å². The second kappa shape index (κ2) is 7.87. The van der Waals surface area contributed by atoms with Gasteiger partial charge in [-0.1, -0.05) is 6.08 Å². The molecule has 0 fully saturated rings. The summed E-state index contributed by atoms with van der Waals surface area (Å²) in [6.07, 6.45) is 8.12. The fourth-order valence-electron chi connectivity index (χ4n) is 2.86. The number of aromatic nitrogens is 5. The predicted octanol–water partition coefficient (Wildman–Crippen LogP) is 2.40. The molecule has 1 N–H and O–H groups in total. The number of rotatable bonds is 5. The highest BCUT2D eigenvalue weighted by Crippen LogP contribution is 2.20. The summed E-state index contributed by atoms with van der Waals surface area (Å²) in [5, 5.41) is 13.1. The van der Waals surface area contributed by atoms with E-state index in [1.165, 1.54) is 11.2 Å². The third-order valence-electron chi connectivity index (χ3n) is 4.42. The molecule has 0 radical (unpaired) electrons. The van der Waals surface area contributed by atoms with Gasteiger partial charge in [-0.3, -0.25) is 9.97 Å². The van der Waals surface area contributed by atoms with Crippen LogP contribution in [-0.4, -0.2) is 53.9 Å². The molecule has 0 saturated carbocycles. The lowest BCUT2D eigenvalue weighted by Crippen LogP contribution is -2.33. The van der Waals surface area contributed by atoms with Crippen molar-refractivity contribution in [2.75, 3.05) is 13.1 Å². The molecule has 0 bridgehead atoms. The van der Waals surface area contributed by atoms with Gasteiger partial charge in [0.2, 0.25) is 0 Å². The van der Waals surface area contributed by atoms with Crippen molar-refractivity contribution in [2.24, 2.45) is 0 Å². The Kier molecular flexibility index (Phi) is 4.96. The molecule has 0 aliphatic carbocycles. The van der Waals surface area contributed by atoms with Crippen molar-refractivity contribution in [1.82, 2.24) is 29.6 Å². The Morgan fingerprint density at radius 2 is 2.04 bits per heavy atom. The summed E-state index contributed by atoms with van der Waals surface area (Å²) < 4.78 is 7.43. The van der Waals surface area contributed by atoms with Crippen molar-refractivity contribution in [3.63, 3.8) is 0 Å². The summed E-state index contributed by atoms with van der Waals surface area (Å²) in [6.45, 7) is 1.15. The van der Waals surface area contributed by atoms with Crippen LogP contribution in [0.1, 0.15) is 17.8 Å². The van der Waals surface area contributed by atoms with E-state index in [9.17, 15) is 4.79 Å². The van der Waals surface area contributed by atoms with Gasteiger partial charge in [0.15, 0.2) is 0 Å². The summed E-state index contributed by atoms with van der Waals surface area (Å²) in [4.78, 5) is 25.1. The van der Waals surface area contributed by atoms with Gasteiger partial charge in [0.25, 0.3) is 0 Å². The average Bonchev–Trinajstić information content (AvgIpc) is 3.28. The Labute approximate surface area is 161 Å². The van der Waals surface area contributed by atoms with Gasteiger partial charge in [-0.15, -0.1) is 0 Å². The van der Waals surface area contributed by atoms with Crippen LogP contribution in [0.5, 0.6) is 5.75 Å². The molecule has 9 nitrogen and oxygen atoms in total. The zero-order valence-electron chi connectivity index (χ0n) is 15.0. The molecule has 3 heterocycles. The van der Waals surface area contributed by atoms with Gasteiger partial charge in [0.05, 0.1) is 29.5 Å². The van der Waals surface area contributed by atoms with Crippen LogP contribution < -0.4 is 4.74 Å². The molecular weight excluding hydrogens is 360 g/mol. The van der Waals surface area contributed by atoms with Crippen molar-refractivity contribution in [1.29, 1.82) is 0 Å². The highest BCUT2D eigenvalue weighted by Gasteiger charge is 2.17. The van der Waals surface area contributed by atoms with Crippen molar-refractivity contribution in [3.05, 3.63) is 66.8 Å². The molecule has 3 aromatic rings. The standard InChI is InChI=1S/C19H18N6O3/c26-19(27)24-7-5-14(6-8-24)18-10-21-15(9-22-18)11-28-17-3-1-16(2-4-17)25-13-20-12-23-25/h1-5,9-10,12-13H,6-8,11H2,(H,26,27). The number of hydrogen-bond donors (Lipinski definition) is 1. The number of carbonyl (C=O) groups is 1. The van der Waals surface area contributed by atoms with E-state index >= 15 is 0 Å². The third kappa shape index (κ3) is 3.98. The molecule has 1 aromatic carbocycles. The number of nitrogens with zero attached hydrogens (tertiary/aromatic N) is 6. The molecule has 28 heavy (non-hydrogen) atoms. The quantitative estimate of drug-likeness (QED) is 0.726. The SMILES string of the molecule is O=C(O)N1CC=C(c2cnc(COc3ccc(-n4cncn4)cc3)cn2)CC1. The number of amides is 1. The van der Waals surface area contributed by atoms with Crippen LogP contribution >= 0.6 is 0 Å². The minimum Gasteiger partial charge on any atom is -0.487 e. The van der Waals surface area contributed by atoms with Crippen molar-refractivity contribution >= 4 is 11.7 Å². The van der Waals surface area contributed by atoms with Gasteiger partial charge in [-0.2, -0.15) is 5.10 Å². The van der Waals surface area contributed by atoms with E-state index < -0.39 is 6.09 Å². The van der Waals surface area contributed by atoms with Crippen LogP contribution in [0.2, 0.25) is 0 Å². The molecule has 1 aliphatic rings. The van der Waals surface area contributed by atoms with E-state index in [1.807, 2.05) is 30.3 Å². The van der Waals surface area contributed by atoms with E-state index in [4.69, 9.17) is 9.84 Å². The Hall–Kier alpha value is -3.75. The van der Waals surface area contributed by atoms with Crippen LogP contribution in [-0.2, 0) is 6.61 Å². The minimum absolute atomic E-state index is 0.307. The van der Waals surface area contributed by atoms with Crippen LogP contribution in [0.25, 0.3) is 11.3 Å². The molecule has 142 valence electrons. The Morgan fingerprint density at radius 3 is 2.64 bits per heavy atom. The lowest BCUT2D eigenvalue weighted by Gasteiger charge is -2.23. The van der Waals surface area contributed by atoms with Gasteiger partial charge in [0, 0.05) is 13.1 Å². The van der Waals surface area contributed by atoms with Crippen molar-refractivity contribution in [3.8, 4) is 11.4 Å². The molecule has 4 rings (SSSR count). The summed E-state index contributed by atoms with van der Waals surface area (Å²) in [5.74, 6) is 0.721. The van der Waals surface area contributed by atoms with Crippen molar-refractivity contribution < 1.29 is 14.6 Å². The molecule has 0 spiro atoms. The normalized spacial score (nSPS) is 13.9. The van der Waals surface area contributed by atoms with Gasteiger partial charge < -0.3 is 14.7 Å². The van der Waals surface area contributed by atoms with Gasteiger partial charge in [-0.05, 0) is 36.3 Å². The van der Waals surface area contributed by atoms with E-state index in [-0.39, 0.29) is 0 Å². The van der Waals surface area contributed by atoms with E-state index in [1.54, 1.807) is 23.4 Å². The third-order valence-corrected chi connectivity index (χ3v) is 4.42. The first-order valence-electron chi connectivity index (χ1n) is 8.75. The highest BCUT2D eigenvalue weighted by atomic mass is 16.5. The average molecular weight is 378 g/mol. The van der Waals surface area contributed by atoms with Crippen LogP contribution in [0.4, 0.5) is 4.79 Å². The first kappa shape index (κ1) is 17.7. The Morgan fingerprint density at radius 1 is 1.18 bits per heavy atom. The fourth-order valence-corrected chi connectivity index (χ4v) is 2.86. The minimum atomic E-state index is -0.900. The largest absolute Gasteiger partial charge is 0.487 e. The topological polar surface area (TPSA) is 106 Å². The molecule has 0 saturated heterocycles. The number of ether oxygens (including phenoxy) is 1. The maximum Gasteiger partial charge on any atom is 0.407 e. The van der Waals surface area contributed by atoms with E-state index in [2.05, 4.69) is 20.1 Å². The molecule has 2 aromatic heterocycles. The zero-order valence-corrected chi connectivity index (χ0v) is 15.0. The predicted molar refractivity (Wildman–Crippen MR) is 99.9 cm³/mol. The fraction of sp³-hybridized carbons (Fsp3) is 0.211. The maximum atomic E-state index is 11.0. The molecule has 0 unspecified atom stereocenters. The second-order valence-electron chi connectivity index (χ2n) is 6.22. The second-order valence-corrected chi connectivity index (χ2v) is 6.22. The summed E-state index contributed by atoms with van der Waals surface area (Å²) in [6, 6.07) is 7.52. The van der Waals surface area contributed by atoms with E-state index in [0.29, 0.717) is 31.8 Å². The van der Waals surface area contributed by atoms with Crippen LogP contribution in [0, 0.1) is 0 Å². The molecular formula is C19H18N6O3. The molecule has 1 amide bonds. The lowest BCUT2D eigenvalue weighted by molar-refractivity contribution is 0.150.